The van der Waals surface area contributed by atoms with E-state index in [0.717, 1.165) is 0 Å². The molecule has 1 fully saturated rings. The van der Waals surface area contributed by atoms with Gasteiger partial charge in [-0.2, -0.15) is 0 Å². The minimum Gasteiger partial charge on any atom is -0.386 e. The molecule has 0 bridgehead atoms. The van der Waals surface area contributed by atoms with Gasteiger partial charge in [0.1, 0.15) is 18.3 Å². The van der Waals surface area contributed by atoms with Crippen LogP contribution < -0.4 is 5.73 Å². The Morgan fingerprint density at radius 2 is 2.22 bits per heavy atom. The summed E-state index contributed by atoms with van der Waals surface area (Å²) in [5.41, 5.74) is 6.26. The average molecular weight is 253 g/mol. The largest absolute Gasteiger partial charge is 0.386 e. The SMILES string of the molecule is N[C@H](C(=O)N1CC[C@@H](F)C1)[C@H](O)c1ccncc1. The number of hydrogen-bond acceptors (Lipinski definition) is 4. The number of aliphatic hydroxyl groups is 1. The highest BCUT2D eigenvalue weighted by Crippen LogP contribution is 2.19. The van der Waals surface area contributed by atoms with Crippen LogP contribution in [0.25, 0.3) is 0 Å². The van der Waals surface area contributed by atoms with Crippen molar-refractivity contribution in [1.29, 1.82) is 0 Å². The second kappa shape index (κ2) is 5.41. The minimum atomic E-state index is -1.10. The lowest BCUT2D eigenvalue weighted by Gasteiger charge is -2.23. The summed E-state index contributed by atoms with van der Waals surface area (Å²) in [6, 6.07) is 2.12. The molecule has 0 spiro atoms. The zero-order chi connectivity index (χ0) is 13.1. The predicted molar refractivity (Wildman–Crippen MR) is 63.3 cm³/mol. The molecule has 5 nitrogen and oxygen atoms in total. The third kappa shape index (κ3) is 2.65. The Morgan fingerprint density at radius 3 is 2.78 bits per heavy atom. The Labute approximate surface area is 104 Å². The maximum atomic E-state index is 13.0. The molecule has 1 aliphatic rings. The molecule has 1 saturated heterocycles. The molecule has 0 aliphatic carbocycles. The van der Waals surface area contributed by atoms with Gasteiger partial charge in [-0.3, -0.25) is 9.78 Å². The van der Waals surface area contributed by atoms with E-state index in [1.54, 1.807) is 12.1 Å². The molecule has 6 heteroatoms. The van der Waals surface area contributed by atoms with Gasteiger partial charge >= 0.3 is 0 Å². The van der Waals surface area contributed by atoms with Crippen LogP contribution in [-0.4, -0.2) is 46.2 Å². The maximum Gasteiger partial charge on any atom is 0.242 e. The smallest absolute Gasteiger partial charge is 0.242 e. The Kier molecular flexibility index (Phi) is 3.88. The number of pyridine rings is 1. The Bertz CT molecular complexity index is 415. The van der Waals surface area contributed by atoms with Crippen molar-refractivity contribution in [2.45, 2.75) is 24.7 Å². The van der Waals surface area contributed by atoms with E-state index in [9.17, 15) is 14.3 Å². The van der Waals surface area contributed by atoms with Crippen LogP contribution in [0.3, 0.4) is 0 Å². The fourth-order valence-corrected chi connectivity index (χ4v) is 2.03. The number of nitrogens with zero attached hydrogens (tertiary/aromatic N) is 2. The normalized spacial score (nSPS) is 22.8. The lowest BCUT2D eigenvalue weighted by atomic mass is 10.0. The zero-order valence-electron chi connectivity index (χ0n) is 9.87. The molecule has 0 unspecified atom stereocenters. The number of carbonyl (C=O) groups excluding carboxylic acids is 1. The number of nitrogens with two attached hydrogens (primary N) is 1. The van der Waals surface area contributed by atoms with Crippen molar-refractivity contribution < 1.29 is 14.3 Å². The average Bonchev–Trinajstić information content (AvgIpc) is 2.84. The van der Waals surface area contributed by atoms with E-state index in [0.29, 0.717) is 18.5 Å². The number of aromatic nitrogens is 1. The summed E-state index contributed by atoms with van der Waals surface area (Å²) in [6.07, 6.45) is 1.29. The van der Waals surface area contributed by atoms with Crippen molar-refractivity contribution in [2.24, 2.45) is 5.73 Å². The van der Waals surface area contributed by atoms with E-state index in [2.05, 4.69) is 4.98 Å². The molecule has 0 aromatic carbocycles. The van der Waals surface area contributed by atoms with E-state index < -0.39 is 24.2 Å². The summed E-state index contributed by atoms with van der Waals surface area (Å²) in [6.45, 7) is 0.423. The van der Waals surface area contributed by atoms with Gasteiger partial charge in [-0.05, 0) is 24.1 Å². The standard InChI is InChI=1S/C12H16FN3O2/c13-9-3-6-16(7-9)12(18)10(14)11(17)8-1-4-15-5-2-8/h1-2,4-5,9-11,17H,3,6-7,14H2/t9-,10+,11-/m1/s1. The van der Waals surface area contributed by atoms with Gasteiger partial charge in [0.2, 0.25) is 5.91 Å². The summed E-state index contributed by atoms with van der Waals surface area (Å²) in [4.78, 5) is 17.1. The van der Waals surface area contributed by atoms with Gasteiger partial charge < -0.3 is 15.7 Å². The molecule has 98 valence electrons. The molecule has 1 amide bonds. The van der Waals surface area contributed by atoms with Crippen molar-refractivity contribution in [3.05, 3.63) is 30.1 Å². The van der Waals surface area contributed by atoms with Gasteiger partial charge in [0.15, 0.2) is 0 Å². The molecule has 18 heavy (non-hydrogen) atoms. The maximum absolute atomic E-state index is 13.0. The molecule has 1 aromatic rings. The monoisotopic (exact) mass is 253 g/mol. The second-order valence-corrected chi connectivity index (χ2v) is 4.42. The quantitative estimate of drug-likeness (QED) is 0.795. The van der Waals surface area contributed by atoms with Crippen molar-refractivity contribution in [2.75, 3.05) is 13.1 Å². The van der Waals surface area contributed by atoms with Crippen LogP contribution in [-0.2, 0) is 4.79 Å². The number of likely N-dealkylation sites (tertiary alicyclic amines) is 1. The van der Waals surface area contributed by atoms with Gasteiger partial charge in [-0.1, -0.05) is 0 Å². The number of alkyl halides is 1. The fourth-order valence-electron chi connectivity index (χ4n) is 2.03. The minimum absolute atomic E-state index is 0.0651. The second-order valence-electron chi connectivity index (χ2n) is 4.42. The van der Waals surface area contributed by atoms with Gasteiger partial charge in [-0.15, -0.1) is 0 Å². The summed E-state index contributed by atoms with van der Waals surface area (Å²) < 4.78 is 13.0. The number of halogens is 1. The highest BCUT2D eigenvalue weighted by atomic mass is 19.1. The van der Waals surface area contributed by atoms with Crippen molar-refractivity contribution >= 4 is 5.91 Å². The van der Waals surface area contributed by atoms with E-state index >= 15 is 0 Å². The zero-order valence-corrected chi connectivity index (χ0v) is 9.87. The first-order chi connectivity index (χ1) is 8.59. The van der Waals surface area contributed by atoms with Crippen LogP contribution in [0.2, 0.25) is 0 Å². The van der Waals surface area contributed by atoms with Crippen LogP contribution in [0.4, 0.5) is 4.39 Å². The molecule has 2 rings (SSSR count). The third-order valence-electron chi connectivity index (χ3n) is 3.12. The molecule has 3 N–H and O–H groups in total. The predicted octanol–water partition coefficient (Wildman–Crippen LogP) is 0.0127. The number of hydrogen-bond donors (Lipinski definition) is 2. The number of aliphatic hydroxyl groups excluding tert-OH is 1. The van der Waals surface area contributed by atoms with Gasteiger partial charge in [0, 0.05) is 18.9 Å². The number of carbonyl (C=O) groups is 1. The topological polar surface area (TPSA) is 79.5 Å². The first kappa shape index (κ1) is 12.9. The summed E-state index contributed by atoms with van der Waals surface area (Å²) in [5.74, 6) is -0.417. The summed E-state index contributed by atoms with van der Waals surface area (Å²) in [5, 5.41) is 9.99. The lowest BCUT2D eigenvalue weighted by Crippen LogP contribution is -2.46. The van der Waals surface area contributed by atoms with Crippen LogP contribution in [0, 0.1) is 0 Å². The molecule has 0 radical (unpaired) electrons. The molecular formula is C12H16FN3O2. The Hall–Kier alpha value is -1.53. The highest BCUT2D eigenvalue weighted by molar-refractivity contribution is 5.82. The number of rotatable bonds is 3. The van der Waals surface area contributed by atoms with E-state index in [-0.39, 0.29) is 6.54 Å². The summed E-state index contributed by atoms with van der Waals surface area (Å²) >= 11 is 0. The van der Waals surface area contributed by atoms with Crippen LogP contribution in [0.1, 0.15) is 18.1 Å². The fraction of sp³-hybridized carbons (Fsp3) is 0.500. The van der Waals surface area contributed by atoms with Crippen molar-refractivity contribution in [3.8, 4) is 0 Å². The Balaban J connectivity index is 2.02. The molecule has 1 aliphatic heterocycles. The number of amides is 1. The van der Waals surface area contributed by atoms with Crippen LogP contribution in [0.15, 0.2) is 24.5 Å². The molecule has 3 atom stereocenters. The first-order valence-electron chi connectivity index (χ1n) is 5.86. The highest BCUT2D eigenvalue weighted by Gasteiger charge is 2.32. The molecule has 0 saturated carbocycles. The van der Waals surface area contributed by atoms with Gasteiger partial charge in [0.25, 0.3) is 0 Å². The third-order valence-corrected chi connectivity index (χ3v) is 3.12. The Morgan fingerprint density at radius 1 is 1.56 bits per heavy atom. The van der Waals surface area contributed by atoms with Crippen LogP contribution >= 0.6 is 0 Å². The van der Waals surface area contributed by atoms with Crippen molar-refractivity contribution in [3.63, 3.8) is 0 Å². The summed E-state index contributed by atoms with van der Waals surface area (Å²) in [7, 11) is 0. The molecule has 2 heterocycles. The van der Waals surface area contributed by atoms with E-state index in [4.69, 9.17) is 5.73 Å². The van der Waals surface area contributed by atoms with E-state index in [1.807, 2.05) is 0 Å². The van der Waals surface area contributed by atoms with Crippen molar-refractivity contribution in [1.82, 2.24) is 9.88 Å². The first-order valence-corrected chi connectivity index (χ1v) is 5.86. The van der Waals surface area contributed by atoms with Crippen LogP contribution in [0.5, 0.6) is 0 Å². The molecule has 1 aromatic heterocycles. The van der Waals surface area contributed by atoms with E-state index in [1.165, 1.54) is 17.3 Å². The lowest BCUT2D eigenvalue weighted by molar-refractivity contribution is -0.134. The molecular weight excluding hydrogens is 237 g/mol. The van der Waals surface area contributed by atoms with Gasteiger partial charge in [-0.25, -0.2) is 4.39 Å². The van der Waals surface area contributed by atoms with Gasteiger partial charge in [0.05, 0.1) is 6.54 Å².